The van der Waals surface area contributed by atoms with Gasteiger partial charge in [-0.05, 0) is 19.8 Å². The molecular formula is C8H9NOS. The first-order chi connectivity index (χ1) is 5.29. The van der Waals surface area contributed by atoms with E-state index in [0.29, 0.717) is 0 Å². The molecular weight excluding hydrogens is 158 g/mol. The van der Waals surface area contributed by atoms with Crippen LogP contribution in [0, 0.1) is 0 Å². The number of Topliss-reactive ketones (excluding diaryl/α,β-unsaturated/α-hetero) is 1. The Hall–Kier alpha value is -0.700. The predicted octanol–water partition coefficient (Wildman–Crippen LogP) is 1.76. The summed E-state index contributed by atoms with van der Waals surface area (Å²) in [6.45, 7) is 1.65. The van der Waals surface area contributed by atoms with Gasteiger partial charge in [-0.25, -0.2) is 4.98 Å². The Bertz CT molecular complexity index is 292. The van der Waals surface area contributed by atoms with E-state index in [1.54, 1.807) is 18.3 Å². The van der Waals surface area contributed by atoms with Gasteiger partial charge in [-0.2, -0.15) is 0 Å². The third kappa shape index (κ3) is 0.997. The van der Waals surface area contributed by atoms with E-state index in [1.807, 2.05) is 5.51 Å². The van der Waals surface area contributed by atoms with Gasteiger partial charge < -0.3 is 0 Å². The van der Waals surface area contributed by atoms with E-state index in [0.717, 1.165) is 18.5 Å². The van der Waals surface area contributed by atoms with Crippen LogP contribution in [0.15, 0.2) is 5.51 Å². The molecule has 0 unspecified atom stereocenters. The molecule has 0 saturated heterocycles. The number of aryl methyl sites for hydroxylation is 1. The number of aromatic nitrogens is 1. The normalized spacial score (nSPS) is 21.7. The Morgan fingerprint density at radius 1 is 1.82 bits per heavy atom. The number of nitrogens with zero attached hydrogens (tertiary/aromatic N) is 1. The molecule has 2 nitrogen and oxygen atoms in total. The molecule has 0 radical (unpaired) electrons. The monoisotopic (exact) mass is 167 g/mol. The molecule has 0 amide bonds. The van der Waals surface area contributed by atoms with Crippen LogP contribution in [0.3, 0.4) is 0 Å². The lowest BCUT2D eigenvalue weighted by Crippen LogP contribution is -2.04. The van der Waals surface area contributed by atoms with E-state index in [9.17, 15) is 4.79 Å². The third-order valence-corrected chi connectivity index (χ3v) is 3.06. The molecule has 11 heavy (non-hydrogen) atoms. The van der Waals surface area contributed by atoms with Crippen LogP contribution in [0.4, 0.5) is 0 Å². The topological polar surface area (TPSA) is 30.0 Å². The van der Waals surface area contributed by atoms with Gasteiger partial charge in [0.05, 0.1) is 17.1 Å². The number of thiazole rings is 1. The van der Waals surface area contributed by atoms with Crippen molar-refractivity contribution in [2.75, 3.05) is 0 Å². The fourth-order valence-electron chi connectivity index (χ4n) is 1.56. The highest BCUT2D eigenvalue weighted by Gasteiger charge is 2.28. The summed E-state index contributed by atoms with van der Waals surface area (Å²) in [5.74, 6) is 0.367. The number of fused-ring (bicyclic) bond motifs is 1. The first-order valence-corrected chi connectivity index (χ1v) is 4.59. The number of hydrogen-bond donors (Lipinski definition) is 0. The summed E-state index contributed by atoms with van der Waals surface area (Å²) >= 11 is 1.67. The first-order valence-electron chi connectivity index (χ1n) is 3.71. The zero-order valence-corrected chi connectivity index (χ0v) is 7.15. The number of carbonyl (C=O) groups is 1. The van der Waals surface area contributed by atoms with Crippen LogP contribution in [0.25, 0.3) is 0 Å². The molecule has 1 aromatic rings. The zero-order valence-electron chi connectivity index (χ0n) is 6.33. The van der Waals surface area contributed by atoms with Gasteiger partial charge in [-0.3, -0.25) is 4.79 Å². The summed E-state index contributed by atoms with van der Waals surface area (Å²) in [4.78, 5) is 16.6. The number of ketones is 1. The largest absolute Gasteiger partial charge is 0.299 e. The van der Waals surface area contributed by atoms with Gasteiger partial charge in [0.15, 0.2) is 0 Å². The van der Waals surface area contributed by atoms with Crippen LogP contribution >= 0.6 is 11.3 Å². The smallest absolute Gasteiger partial charge is 0.138 e. The fraction of sp³-hybridized carbons (Fsp3) is 0.500. The van der Waals surface area contributed by atoms with Crippen molar-refractivity contribution in [1.29, 1.82) is 0 Å². The van der Waals surface area contributed by atoms with E-state index < -0.39 is 0 Å². The highest BCUT2D eigenvalue weighted by atomic mass is 32.1. The van der Waals surface area contributed by atoms with Crippen LogP contribution in [0.1, 0.15) is 29.8 Å². The molecule has 0 spiro atoms. The summed E-state index contributed by atoms with van der Waals surface area (Å²) in [6.07, 6.45) is 2.02. The van der Waals surface area contributed by atoms with E-state index in [2.05, 4.69) is 4.98 Å². The average Bonchev–Trinajstić information content (AvgIpc) is 2.41. The molecule has 1 heterocycles. The van der Waals surface area contributed by atoms with Crippen molar-refractivity contribution in [2.45, 2.75) is 25.7 Å². The lowest BCUT2D eigenvalue weighted by atomic mass is 10.0. The van der Waals surface area contributed by atoms with E-state index in [-0.39, 0.29) is 11.7 Å². The van der Waals surface area contributed by atoms with Gasteiger partial charge >= 0.3 is 0 Å². The average molecular weight is 167 g/mol. The third-order valence-electron chi connectivity index (χ3n) is 2.15. The van der Waals surface area contributed by atoms with Crippen LogP contribution < -0.4 is 0 Å². The minimum absolute atomic E-state index is 0.108. The van der Waals surface area contributed by atoms with E-state index >= 15 is 0 Å². The first kappa shape index (κ1) is 6.98. The van der Waals surface area contributed by atoms with Gasteiger partial charge in [0.1, 0.15) is 5.78 Å². The Kier molecular flexibility index (Phi) is 1.53. The summed E-state index contributed by atoms with van der Waals surface area (Å²) in [5.41, 5.74) is 2.88. The molecule has 3 heteroatoms. The van der Waals surface area contributed by atoms with Crippen molar-refractivity contribution in [2.24, 2.45) is 0 Å². The molecule has 1 atom stereocenters. The van der Waals surface area contributed by atoms with E-state index in [1.165, 1.54) is 4.88 Å². The summed E-state index contributed by atoms with van der Waals surface area (Å²) in [5, 5.41) is 0. The molecule has 1 aliphatic carbocycles. The lowest BCUT2D eigenvalue weighted by Gasteiger charge is -2.01. The van der Waals surface area contributed by atoms with Crippen molar-refractivity contribution < 1.29 is 4.79 Å². The maximum absolute atomic E-state index is 11.1. The van der Waals surface area contributed by atoms with Gasteiger partial charge in [0.25, 0.3) is 0 Å². The van der Waals surface area contributed by atoms with Crippen LogP contribution in [0.5, 0.6) is 0 Å². The van der Waals surface area contributed by atoms with Crippen molar-refractivity contribution in [3.8, 4) is 0 Å². The maximum Gasteiger partial charge on any atom is 0.138 e. The van der Waals surface area contributed by atoms with Crippen molar-refractivity contribution in [1.82, 2.24) is 4.98 Å². The Morgan fingerprint density at radius 2 is 2.64 bits per heavy atom. The number of hydrogen-bond acceptors (Lipinski definition) is 3. The molecule has 0 aliphatic heterocycles. The molecule has 0 N–H and O–H groups in total. The minimum atomic E-state index is 0.108. The van der Waals surface area contributed by atoms with Gasteiger partial charge in [0, 0.05) is 4.88 Å². The molecule has 1 aromatic heterocycles. The zero-order chi connectivity index (χ0) is 7.84. The van der Waals surface area contributed by atoms with Crippen LogP contribution in [-0.2, 0) is 11.2 Å². The Balaban J connectivity index is 2.38. The van der Waals surface area contributed by atoms with Crippen LogP contribution in [-0.4, -0.2) is 10.8 Å². The van der Waals surface area contributed by atoms with Crippen LogP contribution in [0.2, 0.25) is 0 Å². The van der Waals surface area contributed by atoms with Crippen molar-refractivity contribution in [3.63, 3.8) is 0 Å². The number of rotatable bonds is 1. The van der Waals surface area contributed by atoms with Gasteiger partial charge in [-0.1, -0.05) is 0 Å². The standard InChI is InChI=1S/C8H9NOS/c1-5(10)6-2-3-7-8(6)9-4-11-7/h4,6H,2-3H2,1H3/t6-/m1/s1. The summed E-state index contributed by atoms with van der Waals surface area (Å²) in [7, 11) is 0. The van der Waals surface area contributed by atoms with Gasteiger partial charge in [-0.15, -0.1) is 11.3 Å². The Labute approximate surface area is 69.3 Å². The molecule has 58 valence electrons. The highest BCUT2D eigenvalue weighted by Crippen LogP contribution is 2.34. The van der Waals surface area contributed by atoms with Crippen molar-refractivity contribution >= 4 is 17.1 Å². The quantitative estimate of drug-likeness (QED) is 0.638. The Morgan fingerprint density at radius 3 is 3.36 bits per heavy atom. The molecule has 2 rings (SSSR count). The van der Waals surface area contributed by atoms with E-state index in [4.69, 9.17) is 0 Å². The fourth-order valence-corrected chi connectivity index (χ4v) is 2.40. The summed E-state index contributed by atoms with van der Waals surface area (Å²) in [6, 6.07) is 0. The summed E-state index contributed by atoms with van der Waals surface area (Å²) < 4.78 is 0. The molecule has 0 saturated carbocycles. The second-order valence-electron chi connectivity index (χ2n) is 2.86. The van der Waals surface area contributed by atoms with Crippen molar-refractivity contribution in [3.05, 3.63) is 16.1 Å². The predicted molar refractivity (Wildman–Crippen MR) is 43.9 cm³/mol. The minimum Gasteiger partial charge on any atom is -0.299 e. The molecule has 0 aromatic carbocycles. The second-order valence-corrected chi connectivity index (χ2v) is 3.80. The lowest BCUT2D eigenvalue weighted by molar-refractivity contribution is -0.118. The SMILES string of the molecule is CC(=O)[C@H]1CCc2scnc21. The maximum atomic E-state index is 11.1. The number of carbonyl (C=O) groups excluding carboxylic acids is 1. The molecule has 1 aliphatic rings. The molecule has 0 fully saturated rings. The highest BCUT2D eigenvalue weighted by molar-refractivity contribution is 7.09. The van der Waals surface area contributed by atoms with Gasteiger partial charge in [0.2, 0.25) is 0 Å². The second kappa shape index (κ2) is 2.41. The molecule has 0 bridgehead atoms.